The van der Waals surface area contributed by atoms with Crippen LogP contribution < -0.4 is 4.74 Å². The van der Waals surface area contributed by atoms with Crippen molar-refractivity contribution in [3.05, 3.63) is 28.8 Å². The number of hydrogen-bond acceptors (Lipinski definition) is 2. The SMILES string of the molecule is COc1ccc(C(O)C2CC3CCC2C3)cc1Cl. The van der Waals surface area contributed by atoms with Crippen molar-refractivity contribution in [1.29, 1.82) is 0 Å². The summed E-state index contributed by atoms with van der Waals surface area (Å²) in [6.07, 6.45) is 4.76. The molecule has 0 heterocycles. The number of aliphatic hydroxyl groups excluding tert-OH is 1. The van der Waals surface area contributed by atoms with Crippen molar-refractivity contribution in [3.8, 4) is 5.75 Å². The van der Waals surface area contributed by atoms with Gasteiger partial charge in [-0.3, -0.25) is 0 Å². The van der Waals surface area contributed by atoms with E-state index in [1.54, 1.807) is 7.11 Å². The molecule has 2 aliphatic carbocycles. The van der Waals surface area contributed by atoms with Gasteiger partial charge in [0.2, 0.25) is 0 Å². The highest BCUT2D eigenvalue weighted by Crippen LogP contribution is 2.52. The summed E-state index contributed by atoms with van der Waals surface area (Å²) in [4.78, 5) is 0. The van der Waals surface area contributed by atoms with Crippen LogP contribution in [0.2, 0.25) is 5.02 Å². The maximum absolute atomic E-state index is 10.5. The minimum atomic E-state index is -0.372. The highest BCUT2D eigenvalue weighted by Gasteiger charge is 2.43. The number of aliphatic hydroxyl groups is 1. The molecule has 4 atom stereocenters. The van der Waals surface area contributed by atoms with Crippen LogP contribution in [0.5, 0.6) is 5.75 Å². The summed E-state index contributed by atoms with van der Waals surface area (Å²) >= 11 is 6.12. The molecule has 3 heteroatoms. The summed E-state index contributed by atoms with van der Waals surface area (Å²) in [5.41, 5.74) is 0.929. The van der Waals surface area contributed by atoms with Crippen LogP contribution in [0.1, 0.15) is 37.4 Å². The molecule has 1 aromatic carbocycles. The maximum atomic E-state index is 10.5. The number of ether oxygens (including phenoxy) is 1. The zero-order valence-corrected chi connectivity index (χ0v) is 11.4. The topological polar surface area (TPSA) is 29.5 Å². The third kappa shape index (κ3) is 2.02. The molecule has 98 valence electrons. The lowest BCUT2D eigenvalue weighted by molar-refractivity contribution is 0.0745. The first-order valence-electron chi connectivity index (χ1n) is 6.70. The molecule has 0 saturated heterocycles. The van der Waals surface area contributed by atoms with Crippen LogP contribution in [0.4, 0.5) is 0 Å². The minimum Gasteiger partial charge on any atom is -0.495 e. The Balaban J connectivity index is 1.80. The molecule has 2 fully saturated rings. The quantitative estimate of drug-likeness (QED) is 0.901. The highest BCUT2D eigenvalue weighted by atomic mass is 35.5. The molecule has 2 aliphatic rings. The van der Waals surface area contributed by atoms with Crippen molar-refractivity contribution in [3.63, 3.8) is 0 Å². The molecule has 2 saturated carbocycles. The number of methoxy groups -OCH3 is 1. The van der Waals surface area contributed by atoms with E-state index in [0.29, 0.717) is 22.6 Å². The normalized spacial score (nSPS) is 31.6. The fourth-order valence-corrected chi connectivity index (χ4v) is 4.06. The van der Waals surface area contributed by atoms with Gasteiger partial charge in [0.15, 0.2) is 0 Å². The van der Waals surface area contributed by atoms with Crippen molar-refractivity contribution >= 4 is 11.6 Å². The third-order valence-corrected chi connectivity index (χ3v) is 5.01. The second-order valence-corrected chi connectivity index (χ2v) is 6.08. The Morgan fingerprint density at radius 1 is 1.33 bits per heavy atom. The Kier molecular flexibility index (Phi) is 3.25. The lowest BCUT2D eigenvalue weighted by atomic mass is 9.82. The Bertz CT molecular complexity index is 446. The average Bonchev–Trinajstić information content (AvgIpc) is 3.00. The van der Waals surface area contributed by atoms with Gasteiger partial charge in [0.1, 0.15) is 5.75 Å². The van der Waals surface area contributed by atoms with E-state index in [1.807, 2.05) is 18.2 Å². The van der Waals surface area contributed by atoms with Crippen LogP contribution in [0, 0.1) is 17.8 Å². The van der Waals surface area contributed by atoms with E-state index in [-0.39, 0.29) is 6.10 Å². The van der Waals surface area contributed by atoms with E-state index in [1.165, 1.54) is 25.7 Å². The van der Waals surface area contributed by atoms with Gasteiger partial charge < -0.3 is 9.84 Å². The van der Waals surface area contributed by atoms with Gasteiger partial charge in [-0.2, -0.15) is 0 Å². The van der Waals surface area contributed by atoms with Gasteiger partial charge in [-0.15, -0.1) is 0 Å². The van der Waals surface area contributed by atoms with Crippen LogP contribution in [0.15, 0.2) is 18.2 Å². The summed E-state index contributed by atoms with van der Waals surface area (Å²) in [6.45, 7) is 0. The molecular formula is C15H19ClO2. The molecule has 0 radical (unpaired) electrons. The lowest BCUT2D eigenvalue weighted by Gasteiger charge is -2.27. The minimum absolute atomic E-state index is 0.372. The molecule has 4 unspecified atom stereocenters. The smallest absolute Gasteiger partial charge is 0.137 e. The van der Waals surface area contributed by atoms with Crippen molar-refractivity contribution in [2.75, 3.05) is 7.11 Å². The van der Waals surface area contributed by atoms with E-state index in [9.17, 15) is 5.11 Å². The second-order valence-electron chi connectivity index (χ2n) is 5.68. The van der Waals surface area contributed by atoms with Crippen molar-refractivity contribution < 1.29 is 9.84 Å². The molecule has 2 nitrogen and oxygen atoms in total. The van der Waals surface area contributed by atoms with Crippen LogP contribution >= 0.6 is 11.6 Å². The second kappa shape index (κ2) is 4.75. The fraction of sp³-hybridized carbons (Fsp3) is 0.600. The number of benzene rings is 1. The van der Waals surface area contributed by atoms with E-state index in [4.69, 9.17) is 16.3 Å². The molecule has 0 spiro atoms. The molecule has 0 amide bonds. The molecule has 18 heavy (non-hydrogen) atoms. The van der Waals surface area contributed by atoms with Gasteiger partial charge in [0, 0.05) is 0 Å². The van der Waals surface area contributed by atoms with E-state index >= 15 is 0 Å². The van der Waals surface area contributed by atoms with E-state index < -0.39 is 0 Å². The summed E-state index contributed by atoms with van der Waals surface area (Å²) < 4.78 is 5.14. The van der Waals surface area contributed by atoms with Gasteiger partial charge in [-0.25, -0.2) is 0 Å². The molecule has 1 N–H and O–H groups in total. The predicted molar refractivity (Wildman–Crippen MR) is 71.9 cm³/mol. The Morgan fingerprint density at radius 3 is 2.72 bits per heavy atom. The van der Waals surface area contributed by atoms with Gasteiger partial charge >= 0.3 is 0 Å². The van der Waals surface area contributed by atoms with Crippen molar-refractivity contribution in [2.45, 2.75) is 31.8 Å². The fourth-order valence-electron chi connectivity index (χ4n) is 3.79. The van der Waals surface area contributed by atoms with Crippen molar-refractivity contribution in [2.24, 2.45) is 17.8 Å². The summed E-state index contributed by atoms with van der Waals surface area (Å²) in [5, 5.41) is 11.1. The largest absolute Gasteiger partial charge is 0.495 e. The highest BCUT2D eigenvalue weighted by molar-refractivity contribution is 6.32. The van der Waals surface area contributed by atoms with Crippen molar-refractivity contribution in [1.82, 2.24) is 0 Å². The first-order chi connectivity index (χ1) is 8.69. The monoisotopic (exact) mass is 266 g/mol. The average molecular weight is 267 g/mol. The number of rotatable bonds is 3. The van der Waals surface area contributed by atoms with Gasteiger partial charge in [0.25, 0.3) is 0 Å². The summed E-state index contributed by atoms with van der Waals surface area (Å²) in [7, 11) is 1.60. The van der Waals surface area contributed by atoms with Gasteiger partial charge in [-0.1, -0.05) is 24.1 Å². The first kappa shape index (κ1) is 12.3. The molecule has 0 aliphatic heterocycles. The standard InChI is InChI=1S/C15H19ClO2/c1-18-14-5-4-11(8-13(14)16)15(17)12-7-9-2-3-10(12)6-9/h4-5,8-10,12,15,17H,2-3,6-7H2,1H3. The Morgan fingerprint density at radius 2 is 2.17 bits per heavy atom. The Hall–Kier alpha value is -0.730. The summed E-state index contributed by atoms with van der Waals surface area (Å²) in [6, 6.07) is 5.62. The lowest BCUT2D eigenvalue weighted by Crippen LogP contribution is -2.19. The van der Waals surface area contributed by atoms with Crippen LogP contribution in [0.25, 0.3) is 0 Å². The van der Waals surface area contributed by atoms with Crippen LogP contribution in [-0.4, -0.2) is 12.2 Å². The van der Waals surface area contributed by atoms with Gasteiger partial charge in [0.05, 0.1) is 18.2 Å². The molecule has 1 aromatic rings. The molecule has 3 rings (SSSR count). The third-order valence-electron chi connectivity index (χ3n) is 4.72. The van der Waals surface area contributed by atoms with Gasteiger partial charge in [-0.05, 0) is 54.7 Å². The predicted octanol–water partition coefficient (Wildman–Crippen LogP) is 3.82. The molecular weight excluding hydrogens is 248 g/mol. The zero-order chi connectivity index (χ0) is 12.7. The van der Waals surface area contributed by atoms with E-state index in [0.717, 1.165) is 11.5 Å². The maximum Gasteiger partial charge on any atom is 0.137 e. The van der Waals surface area contributed by atoms with Crippen LogP contribution in [-0.2, 0) is 0 Å². The number of halogens is 1. The number of hydrogen-bond donors (Lipinski definition) is 1. The van der Waals surface area contributed by atoms with E-state index in [2.05, 4.69) is 0 Å². The molecule has 2 bridgehead atoms. The zero-order valence-electron chi connectivity index (χ0n) is 10.6. The Labute approximate surface area is 113 Å². The summed E-state index contributed by atoms with van der Waals surface area (Å²) in [5.74, 6) is 2.66. The molecule has 0 aromatic heterocycles. The van der Waals surface area contributed by atoms with Crippen LogP contribution in [0.3, 0.4) is 0 Å². The number of fused-ring (bicyclic) bond motifs is 2. The first-order valence-corrected chi connectivity index (χ1v) is 7.08.